The van der Waals surface area contributed by atoms with Gasteiger partial charge in [-0.25, -0.2) is 0 Å². The zero-order valence-corrected chi connectivity index (χ0v) is 8.89. The standard InChI is InChI=1S/C9H5BrF3NO/c10-8-6(4-14)2-1-3-7(8)15-5-9(11,12)13/h1-3H,5H2. The molecule has 0 saturated heterocycles. The number of nitriles is 1. The second-order valence-corrected chi connectivity index (χ2v) is 3.43. The van der Waals surface area contributed by atoms with E-state index in [4.69, 9.17) is 5.26 Å². The van der Waals surface area contributed by atoms with E-state index < -0.39 is 12.8 Å². The second-order valence-electron chi connectivity index (χ2n) is 2.63. The minimum absolute atomic E-state index is 0.00590. The molecular formula is C9H5BrF3NO. The number of nitrogens with zero attached hydrogens (tertiary/aromatic N) is 1. The number of halogens is 4. The van der Waals surface area contributed by atoms with Crippen molar-refractivity contribution in [3.63, 3.8) is 0 Å². The highest BCUT2D eigenvalue weighted by Gasteiger charge is 2.28. The molecule has 0 atom stereocenters. The van der Waals surface area contributed by atoms with Gasteiger partial charge >= 0.3 is 6.18 Å². The van der Waals surface area contributed by atoms with Gasteiger partial charge in [-0.05, 0) is 28.1 Å². The molecule has 0 unspecified atom stereocenters. The first-order valence-electron chi connectivity index (χ1n) is 3.82. The summed E-state index contributed by atoms with van der Waals surface area (Å²) >= 11 is 2.99. The van der Waals surface area contributed by atoms with E-state index in [9.17, 15) is 13.2 Å². The molecule has 1 aromatic rings. The summed E-state index contributed by atoms with van der Waals surface area (Å²) in [6.45, 7) is -1.37. The van der Waals surface area contributed by atoms with Gasteiger partial charge in [0.15, 0.2) is 6.61 Å². The molecule has 0 aliphatic rings. The third-order valence-corrected chi connectivity index (χ3v) is 2.29. The van der Waals surface area contributed by atoms with Gasteiger partial charge in [-0.2, -0.15) is 18.4 Å². The molecule has 0 heterocycles. The van der Waals surface area contributed by atoms with Crippen molar-refractivity contribution < 1.29 is 17.9 Å². The molecule has 0 bridgehead atoms. The zero-order chi connectivity index (χ0) is 11.5. The van der Waals surface area contributed by atoms with Gasteiger partial charge < -0.3 is 4.74 Å². The lowest BCUT2D eigenvalue weighted by Crippen LogP contribution is -2.19. The molecule has 1 aromatic carbocycles. The molecule has 2 nitrogen and oxygen atoms in total. The van der Waals surface area contributed by atoms with Crippen LogP contribution in [0.15, 0.2) is 22.7 Å². The summed E-state index contributed by atoms with van der Waals surface area (Å²) in [5, 5.41) is 8.61. The Balaban J connectivity index is 2.83. The van der Waals surface area contributed by atoms with Crippen LogP contribution in [0.5, 0.6) is 5.75 Å². The van der Waals surface area contributed by atoms with E-state index in [1.54, 1.807) is 0 Å². The van der Waals surface area contributed by atoms with Crippen molar-refractivity contribution >= 4 is 15.9 Å². The highest BCUT2D eigenvalue weighted by atomic mass is 79.9. The monoisotopic (exact) mass is 279 g/mol. The SMILES string of the molecule is N#Cc1cccc(OCC(F)(F)F)c1Br. The molecule has 80 valence electrons. The summed E-state index contributed by atoms with van der Waals surface area (Å²) in [6.07, 6.45) is -4.39. The fourth-order valence-electron chi connectivity index (χ4n) is 0.868. The largest absolute Gasteiger partial charge is 0.483 e. The van der Waals surface area contributed by atoms with Crippen molar-refractivity contribution in [2.75, 3.05) is 6.61 Å². The molecule has 6 heteroatoms. The molecule has 0 fully saturated rings. The highest BCUT2D eigenvalue weighted by molar-refractivity contribution is 9.10. The van der Waals surface area contributed by atoms with Crippen LogP contribution < -0.4 is 4.74 Å². The van der Waals surface area contributed by atoms with Gasteiger partial charge in [-0.1, -0.05) is 6.07 Å². The van der Waals surface area contributed by atoms with Crippen LogP contribution in [0.3, 0.4) is 0 Å². The maximum absolute atomic E-state index is 11.9. The smallest absolute Gasteiger partial charge is 0.422 e. The molecule has 1 rings (SSSR count). The summed E-state index contributed by atoms with van der Waals surface area (Å²) in [5.74, 6) is 0.00590. The van der Waals surface area contributed by atoms with Crippen LogP contribution in [0.25, 0.3) is 0 Å². The number of benzene rings is 1. The summed E-state index contributed by atoms with van der Waals surface area (Å²) in [4.78, 5) is 0. The van der Waals surface area contributed by atoms with Crippen molar-refractivity contribution in [1.29, 1.82) is 5.26 Å². The lowest BCUT2D eigenvalue weighted by molar-refractivity contribution is -0.153. The van der Waals surface area contributed by atoms with Gasteiger partial charge in [0.2, 0.25) is 0 Å². The van der Waals surface area contributed by atoms with Crippen molar-refractivity contribution in [1.82, 2.24) is 0 Å². The maximum Gasteiger partial charge on any atom is 0.422 e. The predicted octanol–water partition coefficient (Wildman–Crippen LogP) is 3.26. The summed E-state index contributed by atoms with van der Waals surface area (Å²) in [7, 11) is 0. The fraction of sp³-hybridized carbons (Fsp3) is 0.222. The molecule has 0 aromatic heterocycles. The van der Waals surface area contributed by atoms with Gasteiger partial charge in [0.05, 0.1) is 10.0 Å². The van der Waals surface area contributed by atoms with Crippen LogP contribution in [0.4, 0.5) is 13.2 Å². The number of hydrogen-bond donors (Lipinski definition) is 0. The Morgan fingerprint density at radius 3 is 2.60 bits per heavy atom. The normalized spacial score (nSPS) is 10.9. The Morgan fingerprint density at radius 1 is 1.40 bits per heavy atom. The predicted molar refractivity (Wildman–Crippen MR) is 50.4 cm³/mol. The Morgan fingerprint density at radius 2 is 2.07 bits per heavy atom. The van der Waals surface area contributed by atoms with E-state index in [1.807, 2.05) is 6.07 Å². The number of hydrogen-bond acceptors (Lipinski definition) is 2. The molecule has 0 aliphatic heterocycles. The van der Waals surface area contributed by atoms with Gasteiger partial charge in [0.25, 0.3) is 0 Å². The van der Waals surface area contributed by atoms with E-state index in [0.717, 1.165) is 0 Å². The first-order chi connectivity index (χ1) is 6.94. The van der Waals surface area contributed by atoms with Crippen molar-refractivity contribution in [3.8, 4) is 11.8 Å². The van der Waals surface area contributed by atoms with Crippen molar-refractivity contribution in [2.45, 2.75) is 6.18 Å². The Bertz CT molecular complexity index is 397. The molecule has 0 aliphatic carbocycles. The molecule has 0 N–H and O–H groups in total. The minimum Gasteiger partial charge on any atom is -0.483 e. The first kappa shape index (κ1) is 11.9. The van der Waals surface area contributed by atoms with Crippen LogP contribution in [-0.2, 0) is 0 Å². The van der Waals surface area contributed by atoms with Crippen LogP contribution in [0.2, 0.25) is 0 Å². The summed E-state index contributed by atoms with van der Waals surface area (Å²) in [5.41, 5.74) is 0.231. The average Bonchev–Trinajstić information content (AvgIpc) is 2.15. The summed E-state index contributed by atoms with van der Waals surface area (Å²) in [6, 6.07) is 6.11. The number of rotatable bonds is 2. The van der Waals surface area contributed by atoms with Crippen LogP contribution in [-0.4, -0.2) is 12.8 Å². The van der Waals surface area contributed by atoms with Crippen LogP contribution in [0.1, 0.15) is 5.56 Å². The molecular weight excluding hydrogens is 275 g/mol. The molecule has 0 amide bonds. The van der Waals surface area contributed by atoms with Gasteiger partial charge in [0, 0.05) is 0 Å². The van der Waals surface area contributed by atoms with Gasteiger partial charge in [-0.3, -0.25) is 0 Å². The van der Waals surface area contributed by atoms with E-state index in [1.165, 1.54) is 18.2 Å². The third kappa shape index (κ3) is 3.44. The molecule has 0 saturated carbocycles. The third-order valence-electron chi connectivity index (χ3n) is 1.48. The van der Waals surface area contributed by atoms with Crippen molar-refractivity contribution in [2.24, 2.45) is 0 Å². The van der Waals surface area contributed by atoms with E-state index in [-0.39, 0.29) is 15.8 Å². The molecule has 15 heavy (non-hydrogen) atoms. The first-order valence-corrected chi connectivity index (χ1v) is 4.61. The minimum atomic E-state index is -4.39. The van der Waals surface area contributed by atoms with Crippen LogP contribution in [0, 0.1) is 11.3 Å². The lowest BCUT2D eigenvalue weighted by Gasteiger charge is -2.10. The highest BCUT2D eigenvalue weighted by Crippen LogP contribution is 2.29. The van der Waals surface area contributed by atoms with Crippen molar-refractivity contribution in [3.05, 3.63) is 28.2 Å². The molecule has 0 radical (unpaired) electrons. The molecule has 0 spiro atoms. The van der Waals surface area contributed by atoms with Gasteiger partial charge in [0.1, 0.15) is 11.8 Å². The summed E-state index contributed by atoms with van der Waals surface area (Å²) < 4.78 is 40.3. The van der Waals surface area contributed by atoms with E-state index in [2.05, 4.69) is 20.7 Å². The Hall–Kier alpha value is -1.22. The van der Waals surface area contributed by atoms with E-state index in [0.29, 0.717) is 0 Å². The Labute approximate surface area is 92.4 Å². The van der Waals surface area contributed by atoms with E-state index >= 15 is 0 Å². The quantitative estimate of drug-likeness (QED) is 0.833. The zero-order valence-electron chi connectivity index (χ0n) is 7.31. The maximum atomic E-state index is 11.9. The Kier molecular flexibility index (Phi) is 3.58. The van der Waals surface area contributed by atoms with Gasteiger partial charge in [-0.15, -0.1) is 0 Å². The second kappa shape index (κ2) is 4.53. The topological polar surface area (TPSA) is 33.0 Å². The fourth-order valence-corrected chi connectivity index (χ4v) is 1.34. The number of alkyl halides is 3. The lowest BCUT2D eigenvalue weighted by atomic mass is 10.2. The average molecular weight is 280 g/mol. The number of ether oxygens (including phenoxy) is 1. The van der Waals surface area contributed by atoms with Crippen LogP contribution >= 0.6 is 15.9 Å².